The number of carbonyl (C=O) groups is 1. The first-order valence-electron chi connectivity index (χ1n) is 7.41. The first-order valence-corrected chi connectivity index (χ1v) is 7.41. The highest BCUT2D eigenvalue weighted by Gasteiger charge is 2.19. The lowest BCUT2D eigenvalue weighted by atomic mass is 9.99. The van der Waals surface area contributed by atoms with Crippen molar-refractivity contribution in [3.05, 3.63) is 70.5 Å². The Morgan fingerprint density at radius 1 is 1.32 bits per heavy atom. The number of amides is 1. The number of nitrogens with zero attached hydrogens (tertiary/aromatic N) is 2. The van der Waals surface area contributed by atoms with Crippen molar-refractivity contribution in [2.75, 3.05) is 5.32 Å². The van der Waals surface area contributed by atoms with E-state index in [2.05, 4.69) is 10.5 Å². The zero-order valence-electron chi connectivity index (χ0n) is 13.6. The van der Waals surface area contributed by atoms with Crippen molar-refractivity contribution in [1.29, 1.82) is 10.7 Å². The van der Waals surface area contributed by atoms with E-state index in [9.17, 15) is 4.79 Å². The predicted molar refractivity (Wildman–Crippen MR) is 89.7 cm³/mol. The number of hydrogen-bond acceptors (Lipinski definition) is 6. The van der Waals surface area contributed by atoms with Crippen molar-refractivity contribution in [3.63, 3.8) is 0 Å². The first kappa shape index (κ1) is 16.2. The average molecular weight is 334 g/mol. The van der Waals surface area contributed by atoms with Gasteiger partial charge in [0.1, 0.15) is 6.07 Å². The molecule has 2 N–H and O–H groups in total. The van der Waals surface area contributed by atoms with Crippen LogP contribution in [-0.2, 0) is 0 Å². The molecule has 0 fully saturated rings. The van der Waals surface area contributed by atoms with E-state index in [1.807, 2.05) is 19.1 Å². The normalized spacial score (nSPS) is 10.3. The molecule has 0 spiro atoms. The number of hydrogen-bond donors (Lipinski definition) is 2. The highest BCUT2D eigenvalue weighted by molar-refractivity contribution is 6.12. The molecule has 25 heavy (non-hydrogen) atoms. The maximum atomic E-state index is 12.3. The number of anilines is 1. The lowest BCUT2D eigenvalue weighted by Gasteiger charge is -2.10. The molecule has 2 aromatic heterocycles. The van der Waals surface area contributed by atoms with Gasteiger partial charge in [-0.05, 0) is 37.6 Å². The van der Waals surface area contributed by atoms with E-state index in [-0.39, 0.29) is 11.5 Å². The molecule has 3 aromatic rings. The quantitative estimate of drug-likeness (QED) is 0.709. The average Bonchev–Trinajstić information content (AvgIpc) is 3.25. The summed E-state index contributed by atoms with van der Waals surface area (Å²) in [6.45, 7) is 3.48. The summed E-state index contributed by atoms with van der Waals surface area (Å²) >= 11 is 0. The Hall–Kier alpha value is -3.66. The van der Waals surface area contributed by atoms with Gasteiger partial charge < -0.3 is 14.3 Å². The molecule has 2 heterocycles. The van der Waals surface area contributed by atoms with E-state index in [1.165, 1.54) is 12.5 Å². The van der Waals surface area contributed by atoms with Gasteiger partial charge in [0.15, 0.2) is 5.69 Å². The van der Waals surface area contributed by atoms with Crippen molar-refractivity contribution < 1.29 is 13.7 Å². The molecule has 0 saturated heterocycles. The van der Waals surface area contributed by atoms with Gasteiger partial charge in [0.2, 0.25) is 5.76 Å². The maximum Gasteiger partial charge on any atom is 0.294 e. The Balaban J connectivity index is 1.87. The van der Waals surface area contributed by atoms with Crippen LogP contribution in [0.3, 0.4) is 0 Å². The van der Waals surface area contributed by atoms with Crippen molar-refractivity contribution >= 4 is 17.3 Å². The van der Waals surface area contributed by atoms with Gasteiger partial charge in [0.25, 0.3) is 5.91 Å². The molecule has 3 rings (SSSR count). The lowest BCUT2D eigenvalue weighted by molar-refractivity contribution is 0.0987. The topological polar surface area (TPSA) is 116 Å². The van der Waals surface area contributed by atoms with Gasteiger partial charge in [-0.1, -0.05) is 11.2 Å². The number of aromatic nitrogens is 1. The van der Waals surface area contributed by atoms with Crippen molar-refractivity contribution in [2.24, 2.45) is 0 Å². The Kier molecular flexibility index (Phi) is 4.18. The summed E-state index contributed by atoms with van der Waals surface area (Å²) in [7, 11) is 0. The molecule has 0 aliphatic rings. The van der Waals surface area contributed by atoms with Gasteiger partial charge in [-0.2, -0.15) is 5.26 Å². The van der Waals surface area contributed by atoms with E-state index >= 15 is 0 Å². The van der Waals surface area contributed by atoms with Gasteiger partial charge in [-0.3, -0.25) is 10.2 Å². The van der Waals surface area contributed by atoms with Crippen LogP contribution in [0.1, 0.15) is 38.5 Å². The summed E-state index contributed by atoms with van der Waals surface area (Å²) in [4.78, 5) is 12.3. The number of nitrogens with one attached hydrogen (secondary N) is 2. The third kappa shape index (κ3) is 3.05. The van der Waals surface area contributed by atoms with Crippen LogP contribution in [0.15, 0.2) is 45.7 Å². The van der Waals surface area contributed by atoms with E-state index in [1.54, 1.807) is 25.1 Å². The second-order valence-corrected chi connectivity index (χ2v) is 5.47. The third-order valence-electron chi connectivity index (χ3n) is 3.81. The zero-order chi connectivity index (χ0) is 18.0. The van der Waals surface area contributed by atoms with Crippen LogP contribution in [0.5, 0.6) is 0 Å². The number of rotatable bonds is 4. The standard InChI is InChI=1S/C18H14N4O3/c1-10-3-4-13(7-14(10)16(20)12-5-6-24-9-12)21-18(23)17-11(2)15(8-19)22-25-17/h3-7,9,20H,1-2H3,(H,21,23). The fraction of sp³-hybridized carbons (Fsp3) is 0.111. The van der Waals surface area contributed by atoms with Crippen LogP contribution in [-0.4, -0.2) is 16.8 Å². The van der Waals surface area contributed by atoms with Crippen molar-refractivity contribution in [1.82, 2.24) is 5.16 Å². The molecule has 1 aromatic carbocycles. The van der Waals surface area contributed by atoms with Crippen LogP contribution in [0.2, 0.25) is 0 Å². The molecular formula is C18H14N4O3. The van der Waals surface area contributed by atoms with Crippen LogP contribution < -0.4 is 5.32 Å². The Morgan fingerprint density at radius 2 is 2.12 bits per heavy atom. The van der Waals surface area contributed by atoms with Crippen LogP contribution in [0.4, 0.5) is 5.69 Å². The fourth-order valence-electron chi connectivity index (χ4n) is 2.37. The largest absolute Gasteiger partial charge is 0.472 e. The minimum Gasteiger partial charge on any atom is -0.472 e. The minimum absolute atomic E-state index is 0.0106. The van der Waals surface area contributed by atoms with E-state index in [0.717, 1.165) is 5.56 Å². The fourth-order valence-corrected chi connectivity index (χ4v) is 2.37. The molecule has 0 aliphatic carbocycles. The van der Waals surface area contributed by atoms with Crippen LogP contribution in [0, 0.1) is 30.6 Å². The molecule has 0 aliphatic heterocycles. The predicted octanol–water partition coefficient (Wildman–Crippen LogP) is 3.42. The highest BCUT2D eigenvalue weighted by Crippen LogP contribution is 2.21. The second kappa shape index (κ2) is 6.45. The molecule has 0 saturated carbocycles. The van der Waals surface area contributed by atoms with Crippen LogP contribution >= 0.6 is 0 Å². The van der Waals surface area contributed by atoms with Gasteiger partial charge in [-0.15, -0.1) is 0 Å². The SMILES string of the molecule is Cc1ccc(NC(=O)c2onc(C#N)c2C)cc1C(=N)c1ccoc1. The van der Waals surface area contributed by atoms with Crippen molar-refractivity contribution in [2.45, 2.75) is 13.8 Å². The summed E-state index contributed by atoms with van der Waals surface area (Å²) in [5.74, 6) is -0.514. The third-order valence-corrected chi connectivity index (χ3v) is 3.81. The molecule has 0 bridgehead atoms. The lowest BCUT2D eigenvalue weighted by Crippen LogP contribution is -2.13. The van der Waals surface area contributed by atoms with Crippen molar-refractivity contribution in [3.8, 4) is 6.07 Å². The molecule has 124 valence electrons. The molecule has 0 atom stereocenters. The molecule has 7 heteroatoms. The van der Waals surface area contributed by atoms with Gasteiger partial charge in [-0.25, -0.2) is 0 Å². The Morgan fingerprint density at radius 3 is 2.76 bits per heavy atom. The molecule has 0 radical (unpaired) electrons. The summed E-state index contributed by atoms with van der Waals surface area (Å²) in [6, 6.07) is 8.82. The number of nitriles is 1. The van der Waals surface area contributed by atoms with Gasteiger partial charge in [0, 0.05) is 22.4 Å². The monoisotopic (exact) mass is 334 g/mol. The number of aryl methyl sites for hydroxylation is 1. The zero-order valence-corrected chi connectivity index (χ0v) is 13.6. The number of benzene rings is 1. The van der Waals surface area contributed by atoms with Gasteiger partial charge >= 0.3 is 0 Å². The maximum absolute atomic E-state index is 12.3. The second-order valence-electron chi connectivity index (χ2n) is 5.47. The number of furan rings is 1. The van der Waals surface area contributed by atoms with Gasteiger partial charge in [0.05, 0.1) is 18.2 Å². The number of carbonyl (C=O) groups excluding carboxylic acids is 1. The first-order chi connectivity index (χ1) is 12.0. The Bertz CT molecular complexity index is 994. The molecular weight excluding hydrogens is 320 g/mol. The smallest absolute Gasteiger partial charge is 0.294 e. The molecule has 1 amide bonds. The molecule has 0 unspecified atom stereocenters. The molecule has 7 nitrogen and oxygen atoms in total. The summed E-state index contributed by atoms with van der Waals surface area (Å²) in [5, 5.41) is 23.4. The summed E-state index contributed by atoms with van der Waals surface area (Å²) in [6.07, 6.45) is 3.00. The van der Waals surface area contributed by atoms with Crippen LogP contribution in [0.25, 0.3) is 0 Å². The van der Waals surface area contributed by atoms with E-state index < -0.39 is 5.91 Å². The van der Waals surface area contributed by atoms with E-state index in [0.29, 0.717) is 28.1 Å². The minimum atomic E-state index is -0.504. The summed E-state index contributed by atoms with van der Waals surface area (Å²) < 4.78 is 9.96. The Labute approximate surface area is 143 Å². The highest BCUT2D eigenvalue weighted by atomic mass is 16.5. The summed E-state index contributed by atoms with van der Waals surface area (Å²) in [5.41, 5.74) is 3.49. The van der Waals surface area contributed by atoms with E-state index in [4.69, 9.17) is 19.6 Å².